The van der Waals surface area contributed by atoms with Gasteiger partial charge in [-0.25, -0.2) is 0 Å². The summed E-state index contributed by atoms with van der Waals surface area (Å²) in [4.78, 5) is 12.1. The summed E-state index contributed by atoms with van der Waals surface area (Å²) in [7, 11) is 1.60. The van der Waals surface area contributed by atoms with Gasteiger partial charge in [0.1, 0.15) is 0 Å². The Morgan fingerprint density at radius 3 is 2.83 bits per heavy atom. The zero-order valence-electron chi connectivity index (χ0n) is 14.1. The number of nitrogens with one attached hydrogen (secondary N) is 1. The van der Waals surface area contributed by atoms with E-state index >= 15 is 0 Å². The van der Waals surface area contributed by atoms with E-state index in [1.165, 1.54) is 19.3 Å². The minimum atomic E-state index is -0.0685. The average Bonchev–Trinajstić information content (AvgIpc) is 2.56. The molecule has 1 N–H and O–H groups in total. The molecule has 0 aromatic heterocycles. The molecule has 0 saturated heterocycles. The van der Waals surface area contributed by atoms with Gasteiger partial charge in [0, 0.05) is 6.04 Å². The van der Waals surface area contributed by atoms with E-state index in [1.54, 1.807) is 7.11 Å². The van der Waals surface area contributed by atoms with Gasteiger partial charge in [0.15, 0.2) is 18.1 Å². The first-order valence-corrected chi connectivity index (χ1v) is 8.34. The Morgan fingerprint density at radius 2 is 2.13 bits per heavy atom. The molecule has 126 valence electrons. The Kier molecular flexibility index (Phi) is 6.51. The lowest BCUT2D eigenvalue weighted by atomic mass is 9.86. The number of carbonyl (C=O) groups excluding carboxylic acids is 1. The zero-order valence-corrected chi connectivity index (χ0v) is 14.1. The largest absolute Gasteiger partial charge is 0.493 e. The lowest BCUT2D eigenvalue weighted by molar-refractivity contribution is -0.124. The first kappa shape index (κ1) is 17.4. The van der Waals surface area contributed by atoms with Crippen LogP contribution in [-0.4, -0.2) is 25.7 Å². The molecule has 4 nitrogen and oxygen atoms in total. The molecule has 1 fully saturated rings. The molecule has 1 aromatic rings. The van der Waals surface area contributed by atoms with E-state index in [-0.39, 0.29) is 18.6 Å². The summed E-state index contributed by atoms with van der Waals surface area (Å²) < 4.78 is 11.0. The number of amides is 1. The van der Waals surface area contributed by atoms with E-state index in [0.29, 0.717) is 17.4 Å². The summed E-state index contributed by atoms with van der Waals surface area (Å²) in [6.07, 6.45) is 7.31. The number of ether oxygens (including phenoxy) is 2. The molecule has 1 aliphatic rings. The molecule has 1 saturated carbocycles. The summed E-state index contributed by atoms with van der Waals surface area (Å²) >= 11 is 0. The molecule has 23 heavy (non-hydrogen) atoms. The molecule has 0 bridgehead atoms. The van der Waals surface area contributed by atoms with E-state index in [0.717, 1.165) is 18.4 Å². The Balaban J connectivity index is 1.89. The molecule has 2 atom stereocenters. The third-order valence-corrected chi connectivity index (χ3v) is 4.42. The molecule has 0 radical (unpaired) electrons. The number of hydrogen-bond acceptors (Lipinski definition) is 3. The molecule has 1 amide bonds. The maximum atomic E-state index is 12.1. The number of allylic oxidation sites excluding steroid dienone is 1. The van der Waals surface area contributed by atoms with Crippen LogP contribution in [0.15, 0.2) is 30.9 Å². The van der Waals surface area contributed by atoms with Gasteiger partial charge < -0.3 is 14.8 Å². The van der Waals surface area contributed by atoms with Crippen molar-refractivity contribution >= 4 is 5.91 Å². The highest BCUT2D eigenvalue weighted by atomic mass is 16.5. The third-order valence-electron chi connectivity index (χ3n) is 4.42. The van der Waals surface area contributed by atoms with Crippen LogP contribution < -0.4 is 14.8 Å². The Hall–Kier alpha value is -1.97. The fraction of sp³-hybridized carbons (Fsp3) is 0.526. The molecule has 0 unspecified atom stereocenters. The van der Waals surface area contributed by atoms with Crippen LogP contribution in [0.4, 0.5) is 0 Å². The van der Waals surface area contributed by atoms with Crippen LogP contribution >= 0.6 is 0 Å². The Labute approximate surface area is 138 Å². The lowest BCUT2D eigenvalue weighted by Crippen LogP contribution is -2.43. The smallest absolute Gasteiger partial charge is 0.258 e. The van der Waals surface area contributed by atoms with Crippen molar-refractivity contribution in [2.75, 3.05) is 13.7 Å². The van der Waals surface area contributed by atoms with Crippen LogP contribution in [-0.2, 0) is 11.2 Å². The Morgan fingerprint density at radius 1 is 1.35 bits per heavy atom. The fourth-order valence-corrected chi connectivity index (χ4v) is 3.05. The number of methoxy groups -OCH3 is 1. The summed E-state index contributed by atoms with van der Waals surface area (Å²) in [6, 6.07) is 5.99. The predicted octanol–water partition coefficient (Wildman–Crippen LogP) is 3.50. The number of benzene rings is 1. The van der Waals surface area contributed by atoms with E-state index in [9.17, 15) is 4.79 Å². The second-order valence-corrected chi connectivity index (χ2v) is 6.20. The molecule has 1 aromatic carbocycles. The second-order valence-electron chi connectivity index (χ2n) is 6.20. The molecule has 0 heterocycles. The standard InChI is InChI=1S/C19H27NO3/c1-4-7-15-10-11-17(18(12-15)22-3)23-13-19(21)20-16-9-6-5-8-14(16)2/h4,10-12,14,16H,1,5-9,13H2,2-3H3,(H,20,21)/t14-,16-/m0/s1. The SMILES string of the molecule is C=CCc1ccc(OCC(=O)N[C@H]2CCCC[C@@H]2C)c(OC)c1. The molecular weight excluding hydrogens is 290 g/mol. The van der Waals surface area contributed by atoms with Gasteiger partial charge in [-0.05, 0) is 42.9 Å². The minimum absolute atomic E-state index is 0.0143. The normalized spacial score (nSPS) is 20.6. The van der Waals surface area contributed by atoms with Crippen LogP contribution in [0.25, 0.3) is 0 Å². The lowest BCUT2D eigenvalue weighted by Gasteiger charge is -2.29. The molecular formula is C19H27NO3. The van der Waals surface area contributed by atoms with Crippen molar-refractivity contribution in [3.8, 4) is 11.5 Å². The highest BCUT2D eigenvalue weighted by molar-refractivity contribution is 5.78. The van der Waals surface area contributed by atoms with Crippen LogP contribution in [0.2, 0.25) is 0 Å². The Bertz CT molecular complexity index is 541. The van der Waals surface area contributed by atoms with Gasteiger partial charge in [-0.3, -0.25) is 4.79 Å². The second kappa shape index (κ2) is 8.61. The first-order chi connectivity index (χ1) is 11.1. The van der Waals surface area contributed by atoms with E-state index < -0.39 is 0 Å². The van der Waals surface area contributed by atoms with E-state index in [4.69, 9.17) is 9.47 Å². The average molecular weight is 317 g/mol. The number of rotatable bonds is 7. The van der Waals surface area contributed by atoms with E-state index in [1.807, 2.05) is 24.3 Å². The fourth-order valence-electron chi connectivity index (χ4n) is 3.05. The molecule has 0 spiro atoms. The van der Waals surface area contributed by atoms with Crippen molar-refractivity contribution in [3.05, 3.63) is 36.4 Å². The molecule has 0 aliphatic heterocycles. The topological polar surface area (TPSA) is 47.6 Å². The molecule has 4 heteroatoms. The van der Waals surface area contributed by atoms with Crippen molar-refractivity contribution in [2.45, 2.75) is 45.1 Å². The van der Waals surface area contributed by atoms with Crippen LogP contribution in [0, 0.1) is 5.92 Å². The summed E-state index contributed by atoms with van der Waals surface area (Å²) in [5, 5.41) is 3.09. The first-order valence-electron chi connectivity index (χ1n) is 8.34. The third kappa shape index (κ3) is 5.02. The van der Waals surface area contributed by atoms with Crippen molar-refractivity contribution in [1.82, 2.24) is 5.32 Å². The summed E-state index contributed by atoms with van der Waals surface area (Å²) in [6.45, 7) is 5.94. The minimum Gasteiger partial charge on any atom is -0.493 e. The highest BCUT2D eigenvalue weighted by Gasteiger charge is 2.22. The van der Waals surface area contributed by atoms with E-state index in [2.05, 4.69) is 18.8 Å². The quantitative estimate of drug-likeness (QED) is 0.783. The van der Waals surface area contributed by atoms with Crippen molar-refractivity contribution in [3.63, 3.8) is 0 Å². The highest BCUT2D eigenvalue weighted by Crippen LogP contribution is 2.28. The van der Waals surface area contributed by atoms with Gasteiger partial charge >= 0.3 is 0 Å². The maximum Gasteiger partial charge on any atom is 0.258 e. The molecule has 2 rings (SSSR count). The number of hydrogen-bond donors (Lipinski definition) is 1. The van der Waals surface area contributed by atoms with Crippen LogP contribution in [0.5, 0.6) is 11.5 Å². The van der Waals surface area contributed by atoms with Gasteiger partial charge in [-0.15, -0.1) is 6.58 Å². The number of carbonyl (C=O) groups is 1. The summed E-state index contributed by atoms with van der Waals surface area (Å²) in [5.74, 6) is 1.71. The monoisotopic (exact) mass is 317 g/mol. The summed E-state index contributed by atoms with van der Waals surface area (Å²) in [5.41, 5.74) is 1.10. The van der Waals surface area contributed by atoms with Crippen molar-refractivity contribution in [2.24, 2.45) is 5.92 Å². The molecule has 1 aliphatic carbocycles. The predicted molar refractivity (Wildman–Crippen MR) is 92.0 cm³/mol. The van der Waals surface area contributed by atoms with Gasteiger partial charge in [-0.2, -0.15) is 0 Å². The van der Waals surface area contributed by atoms with Gasteiger partial charge in [0.25, 0.3) is 5.91 Å². The van der Waals surface area contributed by atoms with Crippen molar-refractivity contribution < 1.29 is 14.3 Å². The zero-order chi connectivity index (χ0) is 16.7. The van der Waals surface area contributed by atoms with Gasteiger partial charge in [0.2, 0.25) is 0 Å². The maximum absolute atomic E-state index is 12.1. The van der Waals surface area contributed by atoms with Crippen LogP contribution in [0.1, 0.15) is 38.2 Å². The van der Waals surface area contributed by atoms with Crippen LogP contribution in [0.3, 0.4) is 0 Å². The van der Waals surface area contributed by atoms with Gasteiger partial charge in [0.05, 0.1) is 7.11 Å². The van der Waals surface area contributed by atoms with Gasteiger partial charge in [-0.1, -0.05) is 31.9 Å². The van der Waals surface area contributed by atoms with Crippen molar-refractivity contribution in [1.29, 1.82) is 0 Å².